The number of nitrogens with one attached hydrogen (secondary N) is 1. The predicted octanol–water partition coefficient (Wildman–Crippen LogP) is 1.24. The largest absolute Gasteiger partial charge is 0.465 e. The SMILES string of the molecule is COC(=O)c1cccc(NC(=O)C[C@@H]2CCS(=O)(=O)C2)c1. The van der Waals surface area contributed by atoms with Gasteiger partial charge < -0.3 is 10.1 Å². The molecule has 6 nitrogen and oxygen atoms in total. The lowest BCUT2D eigenvalue weighted by Gasteiger charge is -2.09. The molecule has 0 saturated carbocycles. The zero-order valence-corrected chi connectivity index (χ0v) is 12.5. The van der Waals surface area contributed by atoms with E-state index in [0.29, 0.717) is 17.7 Å². The molecule has 1 aliphatic rings. The van der Waals surface area contributed by atoms with Crippen LogP contribution in [-0.2, 0) is 19.4 Å². The third kappa shape index (κ3) is 4.29. The van der Waals surface area contributed by atoms with Crippen molar-refractivity contribution in [3.63, 3.8) is 0 Å². The number of sulfone groups is 1. The molecule has 1 aromatic rings. The Kier molecular flexibility index (Phi) is 4.62. The molecule has 0 radical (unpaired) electrons. The first kappa shape index (κ1) is 15.5. The second kappa shape index (κ2) is 6.26. The number of methoxy groups -OCH3 is 1. The van der Waals surface area contributed by atoms with Gasteiger partial charge in [-0.15, -0.1) is 0 Å². The van der Waals surface area contributed by atoms with Gasteiger partial charge in [0.2, 0.25) is 5.91 Å². The molecular weight excluding hydrogens is 294 g/mol. The molecule has 1 N–H and O–H groups in total. The normalized spacial score (nSPS) is 20.0. The van der Waals surface area contributed by atoms with Gasteiger partial charge in [-0.3, -0.25) is 4.79 Å². The first-order valence-corrected chi connectivity index (χ1v) is 8.40. The van der Waals surface area contributed by atoms with Crippen LogP contribution in [0.25, 0.3) is 0 Å². The van der Waals surface area contributed by atoms with Gasteiger partial charge >= 0.3 is 5.97 Å². The zero-order chi connectivity index (χ0) is 15.5. The molecule has 114 valence electrons. The number of benzene rings is 1. The van der Waals surface area contributed by atoms with Crippen molar-refractivity contribution in [3.05, 3.63) is 29.8 Å². The lowest BCUT2D eigenvalue weighted by atomic mass is 10.0. The molecule has 1 fully saturated rings. The minimum atomic E-state index is -2.98. The molecule has 1 atom stereocenters. The predicted molar refractivity (Wildman–Crippen MR) is 77.8 cm³/mol. The van der Waals surface area contributed by atoms with Crippen LogP contribution >= 0.6 is 0 Å². The minimum Gasteiger partial charge on any atom is -0.465 e. The molecule has 0 bridgehead atoms. The Morgan fingerprint density at radius 2 is 2.14 bits per heavy atom. The number of anilines is 1. The van der Waals surface area contributed by atoms with Crippen molar-refractivity contribution in [2.75, 3.05) is 23.9 Å². The van der Waals surface area contributed by atoms with E-state index in [4.69, 9.17) is 0 Å². The zero-order valence-electron chi connectivity index (χ0n) is 11.7. The summed E-state index contributed by atoms with van der Waals surface area (Å²) in [5, 5.41) is 2.67. The molecule has 7 heteroatoms. The van der Waals surface area contributed by atoms with Crippen LogP contribution in [-0.4, -0.2) is 38.9 Å². The van der Waals surface area contributed by atoms with Gasteiger partial charge in [-0.05, 0) is 30.5 Å². The number of hydrogen-bond donors (Lipinski definition) is 1. The average molecular weight is 311 g/mol. The van der Waals surface area contributed by atoms with E-state index in [1.165, 1.54) is 13.2 Å². The van der Waals surface area contributed by atoms with Gasteiger partial charge in [0.15, 0.2) is 9.84 Å². The van der Waals surface area contributed by atoms with Gasteiger partial charge in [0.05, 0.1) is 24.2 Å². The van der Waals surface area contributed by atoms with Crippen molar-refractivity contribution in [2.24, 2.45) is 5.92 Å². The van der Waals surface area contributed by atoms with Crippen molar-refractivity contribution in [3.8, 4) is 0 Å². The molecule has 0 spiro atoms. The van der Waals surface area contributed by atoms with Crippen LogP contribution in [0.3, 0.4) is 0 Å². The number of ether oxygens (including phenoxy) is 1. The van der Waals surface area contributed by atoms with Gasteiger partial charge in [0.25, 0.3) is 0 Å². The summed E-state index contributed by atoms with van der Waals surface area (Å²) < 4.78 is 27.3. The molecule has 1 aromatic carbocycles. The van der Waals surface area contributed by atoms with Gasteiger partial charge in [0, 0.05) is 12.1 Å². The van der Waals surface area contributed by atoms with Crippen molar-refractivity contribution >= 4 is 27.4 Å². The smallest absolute Gasteiger partial charge is 0.337 e. The minimum absolute atomic E-state index is 0.0720. The fourth-order valence-electron chi connectivity index (χ4n) is 2.35. The highest BCUT2D eigenvalue weighted by Crippen LogP contribution is 2.22. The quantitative estimate of drug-likeness (QED) is 0.845. The fourth-order valence-corrected chi connectivity index (χ4v) is 4.21. The molecule has 0 aromatic heterocycles. The fraction of sp³-hybridized carbons (Fsp3) is 0.429. The summed E-state index contributed by atoms with van der Waals surface area (Å²) in [7, 11) is -1.69. The number of amides is 1. The Hall–Kier alpha value is -1.89. The summed E-state index contributed by atoms with van der Waals surface area (Å²) in [6.07, 6.45) is 0.694. The number of carbonyl (C=O) groups is 2. The second-order valence-corrected chi connectivity index (χ2v) is 7.32. The maximum atomic E-state index is 11.9. The standard InChI is InChI=1S/C14H17NO5S/c1-20-14(17)11-3-2-4-12(8-11)15-13(16)7-10-5-6-21(18,19)9-10/h2-4,8,10H,5-7,9H2,1H3,(H,15,16)/t10-/m0/s1. The van der Waals surface area contributed by atoms with Gasteiger partial charge in [-0.25, -0.2) is 13.2 Å². The maximum absolute atomic E-state index is 11.9. The number of hydrogen-bond acceptors (Lipinski definition) is 5. The van der Waals surface area contributed by atoms with Crippen LogP contribution in [0.2, 0.25) is 0 Å². The molecule has 1 saturated heterocycles. The van der Waals surface area contributed by atoms with E-state index < -0.39 is 15.8 Å². The van der Waals surface area contributed by atoms with Gasteiger partial charge in [-0.1, -0.05) is 6.07 Å². The summed E-state index contributed by atoms with van der Waals surface area (Å²) in [5.74, 6) is -0.628. The molecule has 21 heavy (non-hydrogen) atoms. The lowest BCUT2D eigenvalue weighted by molar-refractivity contribution is -0.116. The highest BCUT2D eigenvalue weighted by Gasteiger charge is 2.29. The molecule has 0 unspecified atom stereocenters. The monoisotopic (exact) mass is 311 g/mol. The summed E-state index contributed by atoms with van der Waals surface area (Å²) >= 11 is 0. The molecule has 0 aliphatic carbocycles. The number of carbonyl (C=O) groups excluding carboxylic acids is 2. The van der Waals surface area contributed by atoms with E-state index in [-0.39, 0.29) is 29.8 Å². The third-order valence-electron chi connectivity index (χ3n) is 3.37. The summed E-state index contributed by atoms with van der Waals surface area (Å²) in [4.78, 5) is 23.3. The lowest BCUT2D eigenvalue weighted by Crippen LogP contribution is -2.17. The molecule has 2 rings (SSSR count). The van der Waals surface area contributed by atoms with E-state index in [9.17, 15) is 18.0 Å². The summed E-state index contributed by atoms with van der Waals surface area (Å²) in [6, 6.07) is 6.41. The van der Waals surface area contributed by atoms with Crippen molar-refractivity contribution in [1.29, 1.82) is 0 Å². The molecular formula is C14H17NO5S. The Labute approximate surface area is 123 Å². The Balaban J connectivity index is 1.95. The van der Waals surface area contributed by atoms with Crippen LogP contribution in [0.4, 0.5) is 5.69 Å². The van der Waals surface area contributed by atoms with Crippen molar-refractivity contribution < 1.29 is 22.7 Å². The number of esters is 1. The van der Waals surface area contributed by atoms with E-state index in [1.807, 2.05) is 0 Å². The van der Waals surface area contributed by atoms with Crippen molar-refractivity contribution in [1.82, 2.24) is 0 Å². The van der Waals surface area contributed by atoms with Crippen LogP contribution in [0, 0.1) is 5.92 Å². The van der Waals surface area contributed by atoms with E-state index in [2.05, 4.69) is 10.1 Å². The topological polar surface area (TPSA) is 89.5 Å². The van der Waals surface area contributed by atoms with Crippen LogP contribution in [0.15, 0.2) is 24.3 Å². The van der Waals surface area contributed by atoms with Crippen LogP contribution in [0.5, 0.6) is 0 Å². The van der Waals surface area contributed by atoms with Crippen LogP contribution < -0.4 is 5.32 Å². The Morgan fingerprint density at radius 1 is 1.38 bits per heavy atom. The maximum Gasteiger partial charge on any atom is 0.337 e. The second-order valence-electron chi connectivity index (χ2n) is 5.09. The first-order chi connectivity index (χ1) is 9.89. The number of rotatable bonds is 4. The first-order valence-electron chi connectivity index (χ1n) is 6.58. The van der Waals surface area contributed by atoms with Gasteiger partial charge in [-0.2, -0.15) is 0 Å². The molecule has 1 amide bonds. The average Bonchev–Trinajstić information content (AvgIpc) is 2.77. The van der Waals surface area contributed by atoms with Gasteiger partial charge in [0.1, 0.15) is 0 Å². The van der Waals surface area contributed by atoms with Crippen molar-refractivity contribution in [2.45, 2.75) is 12.8 Å². The summed E-state index contributed by atoms with van der Waals surface area (Å²) in [6.45, 7) is 0. The van der Waals surface area contributed by atoms with E-state index in [1.54, 1.807) is 18.2 Å². The van der Waals surface area contributed by atoms with Crippen LogP contribution in [0.1, 0.15) is 23.2 Å². The summed E-state index contributed by atoms with van der Waals surface area (Å²) in [5.41, 5.74) is 0.836. The van der Waals surface area contributed by atoms with E-state index >= 15 is 0 Å². The highest BCUT2D eigenvalue weighted by atomic mass is 32.2. The van der Waals surface area contributed by atoms with E-state index in [0.717, 1.165) is 0 Å². The third-order valence-corrected chi connectivity index (χ3v) is 5.21. The molecule has 1 aliphatic heterocycles. The highest BCUT2D eigenvalue weighted by molar-refractivity contribution is 7.91. The Morgan fingerprint density at radius 3 is 2.76 bits per heavy atom. The molecule has 1 heterocycles. The Bertz CT molecular complexity index is 653.